The Hall–Kier alpha value is -2.56. The van der Waals surface area contributed by atoms with Crippen LogP contribution in [-0.2, 0) is 11.3 Å². The van der Waals surface area contributed by atoms with Gasteiger partial charge in [0.1, 0.15) is 5.75 Å². The highest BCUT2D eigenvalue weighted by Gasteiger charge is 2.12. The van der Waals surface area contributed by atoms with Gasteiger partial charge in [0.25, 0.3) is 5.56 Å². The maximum Gasteiger partial charge on any atom is 0.250 e. The van der Waals surface area contributed by atoms with Crippen LogP contribution in [0.15, 0.2) is 41.3 Å². The van der Waals surface area contributed by atoms with Crippen molar-refractivity contribution < 1.29 is 9.90 Å². The normalized spacial score (nSPS) is 10.8. The van der Waals surface area contributed by atoms with Gasteiger partial charge in [-0.25, -0.2) is 0 Å². The van der Waals surface area contributed by atoms with E-state index in [0.717, 1.165) is 11.1 Å². The fourth-order valence-electron chi connectivity index (χ4n) is 2.39. The summed E-state index contributed by atoms with van der Waals surface area (Å²) in [6.45, 7) is 6.14. The van der Waals surface area contributed by atoms with Crippen LogP contribution in [0.25, 0.3) is 0 Å². The molecule has 0 bridgehead atoms. The molecule has 0 aliphatic carbocycles. The third kappa shape index (κ3) is 4.22. The predicted octanol–water partition coefficient (Wildman–Crippen LogP) is 3.01. The van der Waals surface area contributed by atoms with E-state index in [2.05, 4.69) is 5.32 Å². The molecule has 23 heavy (non-hydrogen) atoms. The highest BCUT2D eigenvalue weighted by atomic mass is 16.3. The van der Waals surface area contributed by atoms with E-state index < -0.39 is 0 Å². The standard InChI is InChI=1S/C18H22N2O3/c1-12(2)14-11-15(13(3)10-16(14)21)19-17(22)7-9-20-8-5-4-6-18(20)23/h4-6,8,10-12,21H,7,9H2,1-3H3,(H,19,22). The first kappa shape index (κ1) is 16.8. The number of phenols is 1. The Bertz CT molecular complexity index is 763. The number of hydrogen-bond donors (Lipinski definition) is 2. The number of phenolic OH excluding ortho intramolecular Hbond substituents is 1. The summed E-state index contributed by atoms with van der Waals surface area (Å²) in [5.41, 5.74) is 2.17. The lowest BCUT2D eigenvalue weighted by molar-refractivity contribution is -0.116. The van der Waals surface area contributed by atoms with Crippen LogP contribution in [0.4, 0.5) is 5.69 Å². The van der Waals surface area contributed by atoms with Gasteiger partial charge in [-0.05, 0) is 42.2 Å². The predicted molar refractivity (Wildman–Crippen MR) is 90.9 cm³/mol. The van der Waals surface area contributed by atoms with E-state index in [1.165, 1.54) is 10.6 Å². The lowest BCUT2D eigenvalue weighted by Crippen LogP contribution is -2.22. The van der Waals surface area contributed by atoms with E-state index in [1.807, 2.05) is 26.8 Å². The number of amides is 1. The van der Waals surface area contributed by atoms with Gasteiger partial charge in [-0.2, -0.15) is 0 Å². The Balaban J connectivity index is 2.07. The highest BCUT2D eigenvalue weighted by Crippen LogP contribution is 2.31. The Kier molecular flexibility index (Phi) is 5.21. The first-order valence-corrected chi connectivity index (χ1v) is 7.67. The zero-order valence-corrected chi connectivity index (χ0v) is 13.7. The molecule has 0 saturated carbocycles. The van der Waals surface area contributed by atoms with Crippen LogP contribution < -0.4 is 10.9 Å². The molecule has 2 rings (SSSR count). The molecule has 0 spiro atoms. The van der Waals surface area contributed by atoms with E-state index in [9.17, 15) is 14.7 Å². The van der Waals surface area contributed by atoms with E-state index in [-0.39, 0.29) is 29.6 Å². The Morgan fingerprint density at radius 3 is 2.70 bits per heavy atom. The van der Waals surface area contributed by atoms with Crippen molar-refractivity contribution in [2.24, 2.45) is 0 Å². The van der Waals surface area contributed by atoms with Crippen LogP contribution >= 0.6 is 0 Å². The topological polar surface area (TPSA) is 71.3 Å². The molecule has 1 amide bonds. The summed E-state index contributed by atoms with van der Waals surface area (Å²) in [5.74, 6) is 0.240. The average Bonchev–Trinajstić information content (AvgIpc) is 2.49. The second-order valence-electron chi connectivity index (χ2n) is 5.91. The average molecular weight is 314 g/mol. The lowest BCUT2D eigenvalue weighted by atomic mass is 9.99. The van der Waals surface area contributed by atoms with Crippen molar-refractivity contribution in [3.8, 4) is 5.75 Å². The Labute approximate surface area is 135 Å². The molecule has 0 unspecified atom stereocenters. The minimum atomic E-state index is -0.163. The lowest BCUT2D eigenvalue weighted by Gasteiger charge is -2.14. The minimum absolute atomic E-state index is 0.122. The van der Waals surface area contributed by atoms with Crippen LogP contribution in [0.1, 0.15) is 37.3 Å². The van der Waals surface area contributed by atoms with Crippen molar-refractivity contribution in [1.29, 1.82) is 0 Å². The zero-order chi connectivity index (χ0) is 17.0. The summed E-state index contributed by atoms with van der Waals surface area (Å²) in [6.07, 6.45) is 1.87. The molecule has 0 radical (unpaired) electrons. The number of rotatable bonds is 5. The molecule has 1 aromatic carbocycles. The monoisotopic (exact) mass is 314 g/mol. The third-order valence-electron chi connectivity index (χ3n) is 3.75. The molecule has 0 aliphatic heterocycles. The molecular weight excluding hydrogens is 292 g/mol. The molecule has 0 atom stereocenters. The summed E-state index contributed by atoms with van der Waals surface area (Å²) in [5, 5.41) is 12.8. The summed E-state index contributed by atoms with van der Waals surface area (Å²) in [7, 11) is 0. The van der Waals surface area contributed by atoms with Crippen molar-refractivity contribution in [2.75, 3.05) is 5.32 Å². The highest BCUT2D eigenvalue weighted by molar-refractivity contribution is 5.91. The van der Waals surface area contributed by atoms with E-state index in [4.69, 9.17) is 0 Å². The van der Waals surface area contributed by atoms with Crippen LogP contribution in [0, 0.1) is 6.92 Å². The second kappa shape index (κ2) is 7.13. The van der Waals surface area contributed by atoms with Crippen LogP contribution in [-0.4, -0.2) is 15.6 Å². The molecule has 5 nitrogen and oxygen atoms in total. The fourth-order valence-corrected chi connectivity index (χ4v) is 2.39. The number of pyridine rings is 1. The van der Waals surface area contributed by atoms with Gasteiger partial charge < -0.3 is 15.0 Å². The summed E-state index contributed by atoms with van der Waals surface area (Å²) >= 11 is 0. The van der Waals surface area contributed by atoms with Crippen molar-refractivity contribution >= 4 is 11.6 Å². The molecule has 0 aliphatic rings. The number of aromatic nitrogens is 1. The van der Waals surface area contributed by atoms with Gasteiger partial charge >= 0.3 is 0 Å². The maximum atomic E-state index is 12.1. The number of hydrogen-bond acceptors (Lipinski definition) is 3. The number of benzene rings is 1. The molecule has 0 saturated heterocycles. The minimum Gasteiger partial charge on any atom is -0.508 e. The molecule has 122 valence electrons. The molecule has 1 heterocycles. The van der Waals surface area contributed by atoms with Crippen molar-refractivity contribution in [1.82, 2.24) is 4.57 Å². The number of nitrogens with one attached hydrogen (secondary N) is 1. The largest absolute Gasteiger partial charge is 0.508 e. The van der Waals surface area contributed by atoms with Crippen molar-refractivity contribution in [3.05, 3.63) is 58.0 Å². The Morgan fingerprint density at radius 2 is 2.04 bits per heavy atom. The van der Waals surface area contributed by atoms with Gasteiger partial charge in [0.05, 0.1) is 0 Å². The summed E-state index contributed by atoms with van der Waals surface area (Å²) < 4.78 is 1.50. The molecular formula is C18H22N2O3. The third-order valence-corrected chi connectivity index (χ3v) is 3.75. The van der Waals surface area contributed by atoms with Gasteiger partial charge in [-0.15, -0.1) is 0 Å². The quantitative estimate of drug-likeness (QED) is 0.833. The van der Waals surface area contributed by atoms with Gasteiger partial charge in [0.15, 0.2) is 0 Å². The van der Waals surface area contributed by atoms with Gasteiger partial charge in [-0.3, -0.25) is 9.59 Å². The van der Waals surface area contributed by atoms with E-state index in [1.54, 1.807) is 24.4 Å². The summed E-state index contributed by atoms with van der Waals surface area (Å²) in [6, 6.07) is 8.37. The molecule has 0 fully saturated rings. The Morgan fingerprint density at radius 1 is 1.30 bits per heavy atom. The van der Waals surface area contributed by atoms with Crippen molar-refractivity contribution in [2.45, 2.75) is 39.7 Å². The van der Waals surface area contributed by atoms with E-state index in [0.29, 0.717) is 12.2 Å². The van der Waals surface area contributed by atoms with Crippen LogP contribution in [0.5, 0.6) is 5.75 Å². The smallest absolute Gasteiger partial charge is 0.250 e. The first-order chi connectivity index (χ1) is 10.9. The van der Waals surface area contributed by atoms with Crippen LogP contribution in [0.2, 0.25) is 0 Å². The number of anilines is 1. The molecule has 1 aromatic heterocycles. The number of carbonyl (C=O) groups is 1. The maximum absolute atomic E-state index is 12.1. The number of carbonyl (C=O) groups excluding carboxylic acids is 1. The first-order valence-electron chi connectivity index (χ1n) is 7.67. The molecule has 2 N–H and O–H groups in total. The number of nitrogens with zero attached hydrogens (tertiary/aromatic N) is 1. The summed E-state index contributed by atoms with van der Waals surface area (Å²) in [4.78, 5) is 23.7. The second-order valence-corrected chi connectivity index (χ2v) is 5.91. The number of aromatic hydroxyl groups is 1. The number of aryl methyl sites for hydroxylation is 2. The molecule has 5 heteroatoms. The van der Waals surface area contributed by atoms with Crippen molar-refractivity contribution in [3.63, 3.8) is 0 Å². The van der Waals surface area contributed by atoms with Gasteiger partial charge in [0.2, 0.25) is 5.91 Å². The SMILES string of the molecule is Cc1cc(O)c(C(C)C)cc1NC(=O)CCn1ccccc1=O. The fraction of sp³-hybridized carbons (Fsp3) is 0.333. The van der Waals surface area contributed by atoms with Gasteiger partial charge in [-0.1, -0.05) is 19.9 Å². The van der Waals surface area contributed by atoms with E-state index >= 15 is 0 Å². The van der Waals surface area contributed by atoms with Gasteiger partial charge in [0, 0.05) is 30.9 Å². The van der Waals surface area contributed by atoms with Crippen LogP contribution in [0.3, 0.4) is 0 Å². The zero-order valence-electron chi connectivity index (χ0n) is 13.7. The molecule has 2 aromatic rings.